The molecule has 1 aliphatic rings. The Bertz CT molecular complexity index is 1090. The molecule has 3 aromatic rings. The van der Waals surface area contributed by atoms with Gasteiger partial charge in [-0.05, 0) is 34.3 Å². The fourth-order valence-electron chi connectivity index (χ4n) is 2.91. The zero-order chi connectivity index (χ0) is 17.6. The first kappa shape index (κ1) is 15.5. The molecule has 0 spiro atoms. The topological polar surface area (TPSA) is 112 Å². The summed E-state index contributed by atoms with van der Waals surface area (Å²) in [6.45, 7) is 0.619. The second kappa shape index (κ2) is 5.50. The molecule has 2 heterocycles. The first-order valence-electron chi connectivity index (χ1n) is 7.41. The highest BCUT2D eigenvalue weighted by molar-refractivity contribution is 7.87. The molecular weight excluding hydrogens is 342 g/mol. The lowest BCUT2D eigenvalue weighted by Crippen LogP contribution is -2.49. The average Bonchev–Trinajstić information content (AvgIpc) is 3.02. The number of fused-ring (bicyclic) bond motifs is 2. The lowest BCUT2D eigenvalue weighted by molar-refractivity contribution is -0.758. The van der Waals surface area contributed by atoms with Gasteiger partial charge in [0, 0.05) is 11.1 Å². The zero-order valence-corrected chi connectivity index (χ0v) is 13.7. The van der Waals surface area contributed by atoms with Crippen LogP contribution in [0.5, 0.6) is 0 Å². The molecule has 1 aromatic heterocycles. The van der Waals surface area contributed by atoms with Crippen LogP contribution < -0.4 is 9.40 Å². The van der Waals surface area contributed by atoms with E-state index in [1.807, 2.05) is 27.6 Å². The van der Waals surface area contributed by atoms with E-state index in [0.29, 0.717) is 12.4 Å². The summed E-state index contributed by atoms with van der Waals surface area (Å²) in [6, 6.07) is 12.5. The third-order valence-corrected chi connectivity index (χ3v) is 4.53. The molecule has 0 bridgehead atoms. The fraction of sp³-hybridized carbons (Fsp3) is 0.0625. The molecule has 2 aromatic carbocycles. The molecule has 8 nitrogen and oxygen atoms in total. The molecule has 4 rings (SSSR count). The van der Waals surface area contributed by atoms with Gasteiger partial charge in [-0.2, -0.15) is 8.42 Å². The molecular formula is C16H14N5O3S+. The molecule has 0 saturated carbocycles. The Kier molecular flexibility index (Phi) is 3.41. The van der Waals surface area contributed by atoms with E-state index in [-0.39, 0.29) is 5.69 Å². The summed E-state index contributed by atoms with van der Waals surface area (Å²) < 4.78 is 36.0. The van der Waals surface area contributed by atoms with Crippen LogP contribution >= 0.6 is 0 Å². The summed E-state index contributed by atoms with van der Waals surface area (Å²) in [7, 11) is -4.28. The second-order valence-corrected chi connectivity index (χ2v) is 6.85. The fourth-order valence-corrected chi connectivity index (χ4v) is 3.34. The summed E-state index contributed by atoms with van der Waals surface area (Å²) in [5.74, 6) is 0.373. The van der Waals surface area contributed by atoms with Gasteiger partial charge >= 0.3 is 16.6 Å². The van der Waals surface area contributed by atoms with Crippen molar-refractivity contribution in [3.05, 3.63) is 66.2 Å². The Balaban J connectivity index is 1.67. The highest BCUT2D eigenvalue weighted by Gasteiger charge is 2.24. The van der Waals surface area contributed by atoms with Crippen molar-refractivity contribution in [2.75, 3.05) is 4.72 Å². The lowest BCUT2D eigenvalue weighted by Gasteiger charge is -2.17. The Morgan fingerprint density at radius 1 is 1.16 bits per heavy atom. The van der Waals surface area contributed by atoms with Crippen molar-refractivity contribution in [2.24, 2.45) is 0 Å². The van der Waals surface area contributed by atoms with Crippen LogP contribution in [0.2, 0.25) is 0 Å². The van der Waals surface area contributed by atoms with Crippen LogP contribution in [0.4, 0.5) is 5.69 Å². The first-order valence-corrected chi connectivity index (χ1v) is 8.85. The average molecular weight is 356 g/mol. The molecule has 9 heteroatoms. The van der Waals surface area contributed by atoms with Gasteiger partial charge in [0.1, 0.15) is 6.54 Å². The summed E-state index contributed by atoms with van der Waals surface area (Å²) in [5.41, 5.74) is 4.01. The first-order chi connectivity index (χ1) is 11.9. The Morgan fingerprint density at radius 3 is 2.60 bits per heavy atom. The van der Waals surface area contributed by atoms with Crippen molar-refractivity contribution >= 4 is 21.8 Å². The molecule has 0 aliphatic carbocycles. The summed E-state index contributed by atoms with van der Waals surface area (Å²) in [4.78, 5) is 4.07. The van der Waals surface area contributed by atoms with E-state index < -0.39 is 10.3 Å². The van der Waals surface area contributed by atoms with Crippen molar-refractivity contribution in [3.63, 3.8) is 0 Å². The minimum Gasteiger partial charge on any atom is -0.281 e. The van der Waals surface area contributed by atoms with Gasteiger partial charge in [-0.15, -0.1) is 9.36 Å². The third-order valence-electron chi connectivity index (χ3n) is 4.04. The van der Waals surface area contributed by atoms with Crippen molar-refractivity contribution in [1.29, 1.82) is 5.41 Å². The molecule has 0 radical (unpaired) electrons. The molecule has 126 valence electrons. The molecule has 0 fully saturated rings. The van der Waals surface area contributed by atoms with E-state index in [1.165, 1.54) is 0 Å². The van der Waals surface area contributed by atoms with Gasteiger partial charge < -0.3 is 0 Å². The molecule has 0 atom stereocenters. The third kappa shape index (κ3) is 2.90. The number of nitrogens with one attached hydrogen (secondary N) is 2. The zero-order valence-electron chi connectivity index (χ0n) is 12.9. The van der Waals surface area contributed by atoms with Gasteiger partial charge in [-0.3, -0.25) is 14.7 Å². The molecule has 1 aliphatic heterocycles. The smallest absolute Gasteiger partial charge is 0.281 e. The van der Waals surface area contributed by atoms with E-state index >= 15 is 0 Å². The van der Waals surface area contributed by atoms with Crippen LogP contribution in [-0.2, 0) is 16.8 Å². The van der Waals surface area contributed by atoms with E-state index in [9.17, 15) is 8.42 Å². The Morgan fingerprint density at radius 2 is 1.88 bits per heavy atom. The van der Waals surface area contributed by atoms with Crippen molar-refractivity contribution in [3.8, 4) is 11.1 Å². The Labute approximate surface area is 143 Å². The molecule has 3 N–H and O–H groups in total. The summed E-state index contributed by atoms with van der Waals surface area (Å²) in [5, 5.41) is 8.27. The number of hydrogen-bond acceptors (Lipinski definition) is 4. The van der Waals surface area contributed by atoms with Gasteiger partial charge in [-0.1, -0.05) is 24.3 Å². The Hall–Kier alpha value is -3.04. The molecule has 0 saturated heterocycles. The number of anilines is 1. The van der Waals surface area contributed by atoms with Crippen LogP contribution in [0.3, 0.4) is 0 Å². The predicted octanol–water partition coefficient (Wildman–Crippen LogP) is 1.29. The largest absolute Gasteiger partial charge is 0.357 e. The number of aromatic nitrogens is 3. The van der Waals surface area contributed by atoms with Crippen molar-refractivity contribution in [1.82, 2.24) is 9.67 Å². The van der Waals surface area contributed by atoms with Gasteiger partial charge in [-0.25, -0.2) is 0 Å². The van der Waals surface area contributed by atoms with Gasteiger partial charge in [0.05, 0.1) is 5.69 Å². The highest BCUT2D eigenvalue weighted by atomic mass is 32.2. The maximum absolute atomic E-state index is 10.8. The number of rotatable bonds is 3. The second-order valence-electron chi connectivity index (χ2n) is 5.70. The van der Waals surface area contributed by atoms with Gasteiger partial charge in [0.15, 0.2) is 5.84 Å². The quantitative estimate of drug-likeness (QED) is 0.379. The number of hydrogen-bond donors (Lipinski definition) is 3. The predicted molar refractivity (Wildman–Crippen MR) is 90.8 cm³/mol. The van der Waals surface area contributed by atoms with Crippen LogP contribution in [-0.4, -0.2) is 28.5 Å². The van der Waals surface area contributed by atoms with E-state index in [4.69, 9.17) is 9.96 Å². The molecule has 25 heavy (non-hydrogen) atoms. The van der Waals surface area contributed by atoms with Crippen LogP contribution in [0.25, 0.3) is 11.1 Å². The SMILES string of the molecule is N=C1c2ccc(-c3ccc(NS(=O)(=O)O)cc3)cc2C[n+]2cncn21. The van der Waals surface area contributed by atoms with Crippen molar-refractivity contribution < 1.29 is 17.7 Å². The normalized spacial score (nSPS) is 13.2. The van der Waals surface area contributed by atoms with Gasteiger partial charge in [0.2, 0.25) is 6.33 Å². The standard InChI is InChI=1S/C16H13N5O3S/c17-16-15-6-3-12(7-13(15)8-20-9-18-10-21(16)20)11-1-4-14(5-2-11)19-25(22,23)24/h1-7,9-10,17,19H,8H2/p+1. The minimum absolute atomic E-state index is 0.283. The van der Waals surface area contributed by atoms with Crippen LogP contribution in [0.15, 0.2) is 55.1 Å². The van der Waals surface area contributed by atoms with Crippen LogP contribution in [0, 0.1) is 5.41 Å². The maximum Gasteiger partial charge on any atom is 0.357 e. The monoisotopic (exact) mass is 356 g/mol. The molecule has 0 unspecified atom stereocenters. The maximum atomic E-state index is 10.8. The number of benzene rings is 2. The highest BCUT2D eigenvalue weighted by Crippen LogP contribution is 2.25. The summed E-state index contributed by atoms with van der Waals surface area (Å²) >= 11 is 0. The van der Waals surface area contributed by atoms with E-state index in [0.717, 1.165) is 22.3 Å². The number of nitrogens with zero attached hydrogens (tertiary/aromatic N) is 3. The minimum atomic E-state index is -4.28. The van der Waals surface area contributed by atoms with E-state index in [2.05, 4.69) is 4.98 Å². The lowest BCUT2D eigenvalue weighted by atomic mass is 9.97. The van der Waals surface area contributed by atoms with Crippen LogP contribution in [0.1, 0.15) is 11.1 Å². The van der Waals surface area contributed by atoms with Gasteiger partial charge in [0.25, 0.3) is 0 Å². The molecule has 0 amide bonds. The summed E-state index contributed by atoms with van der Waals surface area (Å²) in [6.07, 6.45) is 3.29. The van der Waals surface area contributed by atoms with E-state index in [1.54, 1.807) is 41.6 Å². The van der Waals surface area contributed by atoms with Crippen molar-refractivity contribution in [2.45, 2.75) is 6.54 Å².